The maximum atomic E-state index is 5.75. The molecule has 0 amide bonds. The van der Waals surface area contributed by atoms with Crippen molar-refractivity contribution >= 4 is 0 Å². The summed E-state index contributed by atoms with van der Waals surface area (Å²) in [6, 6.07) is 17.9. The van der Waals surface area contributed by atoms with E-state index in [0.717, 1.165) is 18.8 Å². The van der Waals surface area contributed by atoms with Gasteiger partial charge in [0.15, 0.2) is 0 Å². The fraction of sp³-hybridized carbons (Fsp3) is 0.333. The molecule has 2 nitrogen and oxygen atoms in total. The first-order valence-electron chi connectivity index (χ1n) is 7.28. The summed E-state index contributed by atoms with van der Waals surface area (Å²) < 4.78 is 5.75. The molecule has 2 aromatic carbocycles. The molecular formula is C18H21NO. The molecule has 0 aliphatic carbocycles. The summed E-state index contributed by atoms with van der Waals surface area (Å²) in [4.78, 5) is 0. The van der Waals surface area contributed by atoms with Crippen LogP contribution in [0.1, 0.15) is 36.6 Å². The molecule has 1 aliphatic rings. The van der Waals surface area contributed by atoms with Gasteiger partial charge < -0.3 is 10.1 Å². The number of fused-ring (bicyclic) bond motifs is 1. The third kappa shape index (κ3) is 2.86. The number of hydrogen-bond donors (Lipinski definition) is 1. The lowest BCUT2D eigenvalue weighted by Gasteiger charge is -2.15. The Bertz CT molecular complexity index is 577. The van der Waals surface area contributed by atoms with Crippen LogP contribution in [-0.2, 0) is 6.42 Å². The monoisotopic (exact) mass is 267 g/mol. The average molecular weight is 267 g/mol. The molecule has 0 saturated heterocycles. The summed E-state index contributed by atoms with van der Waals surface area (Å²) in [6.07, 6.45) is 0.975. The maximum absolute atomic E-state index is 5.75. The van der Waals surface area contributed by atoms with Crippen LogP contribution in [0.25, 0.3) is 0 Å². The van der Waals surface area contributed by atoms with Gasteiger partial charge in [-0.15, -0.1) is 0 Å². The number of hydrogen-bond acceptors (Lipinski definition) is 2. The van der Waals surface area contributed by atoms with Gasteiger partial charge >= 0.3 is 0 Å². The van der Waals surface area contributed by atoms with Crippen LogP contribution in [-0.4, -0.2) is 12.6 Å². The van der Waals surface area contributed by atoms with E-state index in [1.54, 1.807) is 0 Å². The average Bonchev–Trinajstić information content (AvgIpc) is 2.82. The van der Waals surface area contributed by atoms with Crippen molar-refractivity contribution in [1.82, 2.24) is 5.32 Å². The highest BCUT2D eigenvalue weighted by Gasteiger charge is 2.24. The highest BCUT2D eigenvalue weighted by molar-refractivity contribution is 5.43. The Hall–Kier alpha value is -1.80. The van der Waals surface area contributed by atoms with Crippen molar-refractivity contribution in [3.63, 3.8) is 0 Å². The topological polar surface area (TPSA) is 21.3 Å². The zero-order valence-corrected chi connectivity index (χ0v) is 12.1. The lowest BCUT2D eigenvalue weighted by atomic mass is 10.00. The van der Waals surface area contributed by atoms with Gasteiger partial charge in [0.05, 0.1) is 6.04 Å². The van der Waals surface area contributed by atoms with Crippen LogP contribution in [0, 0.1) is 0 Å². The van der Waals surface area contributed by atoms with Crippen molar-refractivity contribution < 1.29 is 4.74 Å². The predicted octanol–water partition coefficient (Wildman–Crippen LogP) is 3.71. The van der Waals surface area contributed by atoms with Gasteiger partial charge in [-0.05, 0) is 23.6 Å². The molecule has 0 bridgehead atoms. The molecule has 0 fully saturated rings. The zero-order chi connectivity index (χ0) is 13.9. The molecule has 2 aromatic rings. The van der Waals surface area contributed by atoms with Crippen molar-refractivity contribution in [2.45, 2.75) is 32.4 Å². The first-order chi connectivity index (χ1) is 9.72. The molecule has 3 rings (SSSR count). The van der Waals surface area contributed by atoms with Gasteiger partial charge in [-0.2, -0.15) is 0 Å². The van der Waals surface area contributed by atoms with Crippen LogP contribution >= 0.6 is 0 Å². The highest BCUT2D eigenvalue weighted by Crippen LogP contribution is 2.33. The Morgan fingerprint density at radius 1 is 1.10 bits per heavy atom. The second-order valence-corrected chi connectivity index (χ2v) is 5.72. The van der Waals surface area contributed by atoms with Crippen molar-refractivity contribution in [2.24, 2.45) is 0 Å². The smallest absolute Gasteiger partial charge is 0.124 e. The van der Waals surface area contributed by atoms with Crippen molar-refractivity contribution in [3.8, 4) is 5.75 Å². The summed E-state index contributed by atoms with van der Waals surface area (Å²) in [5.41, 5.74) is 3.99. The van der Waals surface area contributed by atoms with Crippen molar-refractivity contribution in [2.75, 3.05) is 6.61 Å². The molecule has 1 aliphatic heterocycles. The summed E-state index contributed by atoms with van der Waals surface area (Å²) in [6.45, 7) is 5.08. The fourth-order valence-electron chi connectivity index (χ4n) is 2.75. The van der Waals surface area contributed by atoms with E-state index in [1.807, 2.05) is 0 Å². The summed E-state index contributed by atoms with van der Waals surface area (Å²) >= 11 is 0. The molecule has 1 unspecified atom stereocenters. The van der Waals surface area contributed by atoms with Gasteiger partial charge in [-0.25, -0.2) is 0 Å². The molecule has 0 aromatic heterocycles. The third-order valence-electron chi connectivity index (χ3n) is 3.64. The van der Waals surface area contributed by atoms with Gasteiger partial charge in [0, 0.05) is 11.6 Å². The van der Waals surface area contributed by atoms with Crippen LogP contribution in [0.2, 0.25) is 0 Å². The quantitative estimate of drug-likeness (QED) is 0.912. The minimum Gasteiger partial charge on any atom is -0.491 e. The molecule has 0 radical (unpaired) electrons. The maximum Gasteiger partial charge on any atom is 0.124 e. The number of benzene rings is 2. The number of rotatable bonds is 4. The summed E-state index contributed by atoms with van der Waals surface area (Å²) in [5.74, 6) is 1.03. The van der Waals surface area contributed by atoms with Crippen LogP contribution in [0.15, 0.2) is 48.5 Å². The zero-order valence-electron chi connectivity index (χ0n) is 12.1. The fourth-order valence-corrected chi connectivity index (χ4v) is 2.75. The Balaban J connectivity index is 1.82. The minimum absolute atomic E-state index is 0.320. The summed E-state index contributed by atoms with van der Waals surface area (Å²) in [7, 11) is 0. The Morgan fingerprint density at radius 3 is 2.65 bits per heavy atom. The Labute approximate surface area is 120 Å². The van der Waals surface area contributed by atoms with Gasteiger partial charge in [0.2, 0.25) is 0 Å². The minimum atomic E-state index is 0.320. The Morgan fingerprint density at radius 2 is 1.90 bits per heavy atom. The van der Waals surface area contributed by atoms with E-state index in [0.29, 0.717) is 12.1 Å². The van der Waals surface area contributed by atoms with Gasteiger partial charge in [-0.1, -0.05) is 56.3 Å². The van der Waals surface area contributed by atoms with E-state index in [9.17, 15) is 0 Å². The van der Waals surface area contributed by atoms with Gasteiger partial charge in [0.1, 0.15) is 12.4 Å². The molecule has 1 N–H and O–H groups in total. The van der Waals surface area contributed by atoms with E-state index in [2.05, 4.69) is 67.7 Å². The summed E-state index contributed by atoms with van der Waals surface area (Å²) in [5, 5.41) is 3.56. The van der Waals surface area contributed by atoms with Crippen LogP contribution in [0.5, 0.6) is 5.75 Å². The first-order valence-corrected chi connectivity index (χ1v) is 7.28. The van der Waals surface area contributed by atoms with Crippen molar-refractivity contribution in [3.05, 3.63) is 65.2 Å². The number of nitrogens with one attached hydrogen (secondary N) is 1. The van der Waals surface area contributed by atoms with E-state index in [1.165, 1.54) is 16.7 Å². The van der Waals surface area contributed by atoms with Gasteiger partial charge in [0.25, 0.3) is 0 Å². The second-order valence-electron chi connectivity index (χ2n) is 5.72. The van der Waals surface area contributed by atoms with Crippen LogP contribution < -0.4 is 10.1 Å². The standard InChI is InChI=1S/C18H21NO/c1-13(2)19-17-12-20-18-9-8-15(11-16(17)18)10-14-6-4-3-5-7-14/h3-9,11,13,17,19H,10,12H2,1-2H3. The first kappa shape index (κ1) is 13.2. The normalized spacial score (nSPS) is 17.1. The van der Waals surface area contributed by atoms with Gasteiger partial charge in [-0.3, -0.25) is 0 Å². The predicted molar refractivity (Wildman–Crippen MR) is 82.2 cm³/mol. The Kier molecular flexibility index (Phi) is 3.75. The van der Waals surface area contributed by atoms with Crippen LogP contribution in [0.4, 0.5) is 0 Å². The van der Waals surface area contributed by atoms with E-state index < -0.39 is 0 Å². The SMILES string of the molecule is CC(C)NC1COc2ccc(Cc3ccccc3)cc21. The molecule has 1 atom stereocenters. The number of ether oxygens (including phenoxy) is 1. The third-order valence-corrected chi connectivity index (χ3v) is 3.64. The van der Waals surface area contributed by atoms with E-state index in [-0.39, 0.29) is 0 Å². The van der Waals surface area contributed by atoms with Crippen molar-refractivity contribution in [1.29, 1.82) is 0 Å². The lowest BCUT2D eigenvalue weighted by molar-refractivity contribution is 0.303. The molecule has 0 saturated carbocycles. The van der Waals surface area contributed by atoms with E-state index >= 15 is 0 Å². The molecule has 1 heterocycles. The van der Waals surface area contributed by atoms with E-state index in [4.69, 9.17) is 4.74 Å². The van der Waals surface area contributed by atoms with Crippen LogP contribution in [0.3, 0.4) is 0 Å². The molecule has 104 valence electrons. The second kappa shape index (κ2) is 5.68. The lowest BCUT2D eigenvalue weighted by Crippen LogP contribution is -2.29. The largest absolute Gasteiger partial charge is 0.491 e. The molecular weight excluding hydrogens is 246 g/mol. The molecule has 20 heavy (non-hydrogen) atoms. The highest BCUT2D eigenvalue weighted by atomic mass is 16.5. The molecule has 2 heteroatoms. The molecule has 0 spiro atoms.